The summed E-state index contributed by atoms with van der Waals surface area (Å²) in [7, 11) is 0. The average Bonchev–Trinajstić information content (AvgIpc) is 3.27. The first-order valence-corrected chi connectivity index (χ1v) is 9.76. The summed E-state index contributed by atoms with van der Waals surface area (Å²) in [5, 5.41) is 1.27. The Kier molecular flexibility index (Phi) is 3.94. The number of nitrogens with zero attached hydrogens (tertiary/aromatic N) is 3. The number of hydrogen-bond donors (Lipinski definition) is 0. The predicted octanol–water partition coefficient (Wildman–Crippen LogP) is 4.56. The molecule has 1 amide bonds. The standard InChI is InChI=1S/C22H17N3OS/c26-22-21-18(15-5-9-23-10-6-15)7-11-24-19(21)14-25(22)12-8-17-13-16-3-1-2-4-20(16)27-17/h1-7,9-11,13H,8,12,14H2. The van der Waals surface area contributed by atoms with Crippen LogP contribution in [0, 0.1) is 0 Å². The monoisotopic (exact) mass is 371 g/mol. The number of amides is 1. The first kappa shape index (κ1) is 16.1. The molecule has 4 heterocycles. The Morgan fingerprint density at radius 2 is 1.89 bits per heavy atom. The van der Waals surface area contributed by atoms with Gasteiger partial charge in [0, 0.05) is 34.7 Å². The molecular formula is C22H17N3OS. The highest BCUT2D eigenvalue weighted by molar-refractivity contribution is 7.19. The summed E-state index contributed by atoms with van der Waals surface area (Å²) < 4.78 is 1.30. The van der Waals surface area contributed by atoms with Gasteiger partial charge < -0.3 is 4.90 Å². The first-order chi connectivity index (χ1) is 13.3. The number of pyridine rings is 2. The van der Waals surface area contributed by atoms with E-state index in [0.717, 1.165) is 28.8 Å². The smallest absolute Gasteiger partial charge is 0.256 e. The van der Waals surface area contributed by atoms with Crippen LogP contribution in [0.5, 0.6) is 0 Å². The molecule has 0 atom stereocenters. The van der Waals surface area contributed by atoms with Crippen LogP contribution in [0.3, 0.4) is 0 Å². The zero-order chi connectivity index (χ0) is 18.2. The van der Waals surface area contributed by atoms with Crippen molar-refractivity contribution in [2.24, 2.45) is 0 Å². The predicted molar refractivity (Wildman–Crippen MR) is 108 cm³/mol. The van der Waals surface area contributed by atoms with Crippen molar-refractivity contribution in [3.05, 3.63) is 83.3 Å². The molecule has 4 nitrogen and oxygen atoms in total. The SMILES string of the molecule is O=C1c2c(-c3ccncc3)ccnc2CN1CCc1cc2ccccc2s1. The zero-order valence-electron chi connectivity index (χ0n) is 14.6. The fraction of sp³-hybridized carbons (Fsp3) is 0.136. The van der Waals surface area contributed by atoms with Crippen LogP contribution >= 0.6 is 11.3 Å². The van der Waals surface area contributed by atoms with E-state index in [4.69, 9.17) is 0 Å². The molecule has 0 bridgehead atoms. The van der Waals surface area contributed by atoms with Crippen LogP contribution in [-0.2, 0) is 13.0 Å². The van der Waals surface area contributed by atoms with Crippen molar-refractivity contribution in [3.8, 4) is 11.1 Å². The Morgan fingerprint density at radius 1 is 1.04 bits per heavy atom. The summed E-state index contributed by atoms with van der Waals surface area (Å²) in [5.74, 6) is 0.0750. The van der Waals surface area contributed by atoms with Gasteiger partial charge in [0.2, 0.25) is 0 Å². The van der Waals surface area contributed by atoms with Crippen molar-refractivity contribution in [2.45, 2.75) is 13.0 Å². The van der Waals surface area contributed by atoms with Crippen LogP contribution in [0.2, 0.25) is 0 Å². The molecule has 5 heteroatoms. The second kappa shape index (κ2) is 6.59. The van der Waals surface area contributed by atoms with Crippen LogP contribution in [0.1, 0.15) is 20.9 Å². The van der Waals surface area contributed by atoms with Crippen LogP contribution in [0.4, 0.5) is 0 Å². The van der Waals surface area contributed by atoms with Crippen LogP contribution in [-0.4, -0.2) is 27.3 Å². The van der Waals surface area contributed by atoms with Crippen LogP contribution in [0.25, 0.3) is 21.2 Å². The molecule has 132 valence electrons. The summed E-state index contributed by atoms with van der Waals surface area (Å²) in [5.41, 5.74) is 3.55. The highest BCUT2D eigenvalue weighted by atomic mass is 32.1. The maximum atomic E-state index is 13.1. The van der Waals surface area contributed by atoms with Gasteiger partial charge in [0.1, 0.15) is 0 Å². The molecule has 3 aromatic heterocycles. The fourth-order valence-electron chi connectivity index (χ4n) is 3.63. The lowest BCUT2D eigenvalue weighted by Crippen LogP contribution is -2.26. The van der Waals surface area contributed by atoms with Gasteiger partial charge in [-0.15, -0.1) is 11.3 Å². The number of benzene rings is 1. The number of carbonyl (C=O) groups excluding carboxylic acids is 1. The quantitative estimate of drug-likeness (QED) is 0.528. The Labute approximate surface area is 161 Å². The molecule has 0 spiro atoms. The minimum atomic E-state index is 0.0750. The molecule has 5 rings (SSSR count). The van der Waals surface area contributed by atoms with E-state index in [0.29, 0.717) is 13.1 Å². The Bertz CT molecular complexity index is 1100. The van der Waals surface area contributed by atoms with E-state index < -0.39 is 0 Å². The summed E-state index contributed by atoms with van der Waals surface area (Å²) >= 11 is 1.81. The second-order valence-corrected chi connectivity index (χ2v) is 7.81. The van der Waals surface area contributed by atoms with Gasteiger partial charge in [-0.1, -0.05) is 18.2 Å². The van der Waals surface area contributed by atoms with E-state index in [2.05, 4.69) is 40.3 Å². The summed E-state index contributed by atoms with van der Waals surface area (Å²) in [6.07, 6.45) is 6.16. The fourth-order valence-corrected chi connectivity index (χ4v) is 4.69. The number of hydrogen-bond acceptors (Lipinski definition) is 4. The molecule has 1 aliphatic rings. The van der Waals surface area contributed by atoms with Gasteiger partial charge in [-0.2, -0.15) is 0 Å². The molecule has 0 radical (unpaired) electrons. The maximum Gasteiger partial charge on any atom is 0.256 e. The summed E-state index contributed by atoms with van der Waals surface area (Å²) in [6.45, 7) is 1.29. The maximum absolute atomic E-state index is 13.1. The van der Waals surface area contributed by atoms with E-state index in [1.807, 2.05) is 23.1 Å². The van der Waals surface area contributed by atoms with E-state index in [1.165, 1.54) is 15.0 Å². The first-order valence-electron chi connectivity index (χ1n) is 8.94. The van der Waals surface area contributed by atoms with Crippen LogP contribution in [0.15, 0.2) is 67.1 Å². The lowest BCUT2D eigenvalue weighted by molar-refractivity contribution is 0.0781. The number of rotatable bonds is 4. The third-order valence-corrected chi connectivity index (χ3v) is 6.14. The number of aromatic nitrogens is 2. The number of carbonyl (C=O) groups is 1. The second-order valence-electron chi connectivity index (χ2n) is 6.64. The molecule has 27 heavy (non-hydrogen) atoms. The van der Waals surface area contributed by atoms with Gasteiger partial charge in [0.15, 0.2) is 0 Å². The Balaban J connectivity index is 1.39. The highest BCUT2D eigenvalue weighted by Gasteiger charge is 2.31. The zero-order valence-corrected chi connectivity index (χ0v) is 15.4. The van der Waals surface area contributed by atoms with Crippen molar-refractivity contribution in [1.29, 1.82) is 0 Å². The van der Waals surface area contributed by atoms with E-state index in [-0.39, 0.29) is 5.91 Å². The minimum absolute atomic E-state index is 0.0750. The van der Waals surface area contributed by atoms with Crippen molar-refractivity contribution < 1.29 is 4.79 Å². The molecule has 0 aliphatic carbocycles. The average molecular weight is 371 g/mol. The molecule has 1 aromatic carbocycles. The molecule has 0 unspecified atom stereocenters. The van der Waals surface area contributed by atoms with Crippen molar-refractivity contribution in [2.75, 3.05) is 6.54 Å². The largest absolute Gasteiger partial charge is 0.332 e. The van der Waals surface area contributed by atoms with E-state index in [9.17, 15) is 4.79 Å². The summed E-state index contributed by atoms with van der Waals surface area (Å²) in [4.78, 5) is 24.8. The van der Waals surface area contributed by atoms with E-state index >= 15 is 0 Å². The molecule has 1 aliphatic heterocycles. The number of thiophene rings is 1. The normalized spacial score (nSPS) is 13.3. The van der Waals surface area contributed by atoms with Crippen molar-refractivity contribution in [3.63, 3.8) is 0 Å². The molecule has 0 saturated carbocycles. The number of fused-ring (bicyclic) bond motifs is 2. The molecule has 0 saturated heterocycles. The van der Waals surface area contributed by atoms with Crippen LogP contribution < -0.4 is 0 Å². The van der Waals surface area contributed by atoms with Gasteiger partial charge in [-0.3, -0.25) is 14.8 Å². The van der Waals surface area contributed by atoms with E-state index in [1.54, 1.807) is 29.9 Å². The lowest BCUT2D eigenvalue weighted by atomic mass is 10.0. The Hall–Kier alpha value is -3.05. The van der Waals surface area contributed by atoms with Gasteiger partial charge in [-0.25, -0.2) is 0 Å². The highest BCUT2D eigenvalue weighted by Crippen LogP contribution is 2.32. The minimum Gasteiger partial charge on any atom is -0.332 e. The topological polar surface area (TPSA) is 46.1 Å². The van der Waals surface area contributed by atoms with Gasteiger partial charge in [0.05, 0.1) is 17.8 Å². The molecular weight excluding hydrogens is 354 g/mol. The van der Waals surface area contributed by atoms with Crippen molar-refractivity contribution in [1.82, 2.24) is 14.9 Å². The van der Waals surface area contributed by atoms with Gasteiger partial charge >= 0.3 is 0 Å². The summed E-state index contributed by atoms with van der Waals surface area (Å²) in [6, 6.07) is 16.4. The molecule has 0 N–H and O–H groups in total. The Morgan fingerprint density at radius 3 is 2.74 bits per heavy atom. The van der Waals surface area contributed by atoms with Gasteiger partial charge in [-0.05, 0) is 53.3 Å². The third-order valence-electron chi connectivity index (χ3n) is 4.97. The van der Waals surface area contributed by atoms with Crippen molar-refractivity contribution >= 4 is 27.3 Å². The third kappa shape index (κ3) is 2.90. The van der Waals surface area contributed by atoms with Gasteiger partial charge in [0.25, 0.3) is 5.91 Å². The molecule has 0 fully saturated rings. The lowest BCUT2D eigenvalue weighted by Gasteiger charge is -2.14. The molecule has 4 aromatic rings.